The van der Waals surface area contributed by atoms with E-state index in [0.717, 1.165) is 17.5 Å². The summed E-state index contributed by atoms with van der Waals surface area (Å²) in [6.07, 6.45) is 0.723. The SMILES string of the molecule is COc1cc2nc(Nc3nc4ccc(OCCCCl)cc4c(=O)[nH]3)nc(C)c2cc1OC. The molecule has 0 bridgehead atoms. The number of ether oxygens (including phenoxy) is 3. The van der Waals surface area contributed by atoms with Crippen molar-refractivity contribution in [1.82, 2.24) is 19.9 Å². The summed E-state index contributed by atoms with van der Waals surface area (Å²) < 4.78 is 16.3. The second-order valence-electron chi connectivity index (χ2n) is 6.97. The lowest BCUT2D eigenvalue weighted by molar-refractivity contribution is 0.319. The van der Waals surface area contributed by atoms with Crippen molar-refractivity contribution in [2.75, 3.05) is 32.0 Å². The van der Waals surface area contributed by atoms with Gasteiger partial charge in [-0.1, -0.05) is 0 Å². The summed E-state index contributed by atoms with van der Waals surface area (Å²) in [7, 11) is 3.14. The largest absolute Gasteiger partial charge is 0.494 e. The van der Waals surface area contributed by atoms with E-state index in [2.05, 4.69) is 25.3 Å². The van der Waals surface area contributed by atoms with Crippen LogP contribution in [0.15, 0.2) is 35.1 Å². The van der Waals surface area contributed by atoms with E-state index in [4.69, 9.17) is 25.8 Å². The van der Waals surface area contributed by atoms with Gasteiger partial charge in [0.25, 0.3) is 5.56 Å². The number of hydrogen-bond donors (Lipinski definition) is 2. The molecule has 2 heterocycles. The molecule has 166 valence electrons. The summed E-state index contributed by atoms with van der Waals surface area (Å²) in [4.78, 5) is 28.8. The molecule has 2 aromatic carbocycles. The zero-order chi connectivity index (χ0) is 22.7. The van der Waals surface area contributed by atoms with Gasteiger partial charge in [-0.3, -0.25) is 15.1 Å². The normalized spacial score (nSPS) is 11.0. The number of fused-ring (bicyclic) bond motifs is 2. The van der Waals surface area contributed by atoms with E-state index in [1.165, 1.54) is 0 Å². The monoisotopic (exact) mass is 455 g/mol. The highest BCUT2D eigenvalue weighted by Gasteiger charge is 2.13. The fourth-order valence-corrected chi connectivity index (χ4v) is 3.39. The molecule has 0 spiro atoms. The van der Waals surface area contributed by atoms with Crippen LogP contribution < -0.4 is 25.1 Å². The fraction of sp³-hybridized carbons (Fsp3) is 0.273. The first-order chi connectivity index (χ1) is 15.5. The molecule has 0 aliphatic carbocycles. The first-order valence-electron chi connectivity index (χ1n) is 9.92. The summed E-state index contributed by atoms with van der Waals surface area (Å²) in [6.45, 7) is 2.35. The van der Waals surface area contributed by atoms with Gasteiger partial charge in [-0.15, -0.1) is 11.6 Å². The molecule has 0 aliphatic heterocycles. The second-order valence-corrected chi connectivity index (χ2v) is 7.34. The van der Waals surface area contributed by atoms with Crippen molar-refractivity contribution in [3.63, 3.8) is 0 Å². The summed E-state index contributed by atoms with van der Waals surface area (Å²) in [5.41, 5.74) is 1.62. The van der Waals surface area contributed by atoms with Gasteiger partial charge in [0.2, 0.25) is 11.9 Å². The number of anilines is 2. The van der Waals surface area contributed by atoms with Gasteiger partial charge in [0.1, 0.15) is 5.75 Å². The number of alkyl halides is 1. The molecular weight excluding hydrogens is 434 g/mol. The van der Waals surface area contributed by atoms with E-state index in [1.54, 1.807) is 38.5 Å². The number of nitrogens with one attached hydrogen (secondary N) is 2. The fourth-order valence-electron chi connectivity index (χ4n) is 3.28. The highest BCUT2D eigenvalue weighted by Crippen LogP contribution is 2.33. The first kappa shape index (κ1) is 21.6. The van der Waals surface area contributed by atoms with E-state index in [9.17, 15) is 4.79 Å². The van der Waals surface area contributed by atoms with Gasteiger partial charge in [0.15, 0.2) is 11.5 Å². The Bertz CT molecular complexity index is 1340. The number of methoxy groups -OCH3 is 2. The molecule has 0 amide bonds. The second kappa shape index (κ2) is 9.27. The number of aromatic nitrogens is 4. The number of nitrogens with zero attached hydrogens (tertiary/aromatic N) is 3. The molecular formula is C22H22ClN5O4. The predicted octanol–water partition coefficient (Wildman–Crippen LogP) is 3.94. The molecule has 2 aromatic heterocycles. The van der Waals surface area contributed by atoms with Crippen molar-refractivity contribution in [3.05, 3.63) is 46.4 Å². The van der Waals surface area contributed by atoms with Crippen LogP contribution in [-0.4, -0.2) is 46.6 Å². The number of aromatic amines is 1. The van der Waals surface area contributed by atoms with Crippen molar-refractivity contribution >= 4 is 45.3 Å². The number of H-pyrrole nitrogens is 1. The van der Waals surface area contributed by atoms with E-state index in [-0.39, 0.29) is 11.5 Å². The molecule has 32 heavy (non-hydrogen) atoms. The molecule has 4 rings (SSSR count). The van der Waals surface area contributed by atoms with Crippen LogP contribution in [0.3, 0.4) is 0 Å². The smallest absolute Gasteiger partial charge is 0.260 e. The molecule has 2 N–H and O–H groups in total. The van der Waals surface area contributed by atoms with E-state index >= 15 is 0 Å². The Morgan fingerprint density at radius 1 is 1.00 bits per heavy atom. The third kappa shape index (κ3) is 4.38. The molecule has 0 unspecified atom stereocenters. The summed E-state index contributed by atoms with van der Waals surface area (Å²) in [5, 5.41) is 4.24. The van der Waals surface area contributed by atoms with E-state index in [1.807, 2.05) is 13.0 Å². The average Bonchev–Trinajstić information content (AvgIpc) is 2.79. The number of halogens is 1. The molecule has 0 atom stereocenters. The standard InChI is InChI=1S/C22H22ClN5O4/c1-12-14-10-18(30-2)19(31-3)11-17(14)26-21(24-12)28-22-25-16-6-5-13(32-8-4-7-23)9-15(16)20(29)27-22/h5-6,9-11H,4,7-8H2,1-3H3,(H2,24,25,26,27,28,29). The Balaban J connectivity index is 1.66. The molecule has 0 aliphatic rings. The van der Waals surface area contributed by atoms with Gasteiger partial charge in [0.05, 0.1) is 42.9 Å². The Hall–Kier alpha value is -3.59. The van der Waals surface area contributed by atoms with Crippen LogP contribution in [0.2, 0.25) is 0 Å². The first-order valence-corrected chi connectivity index (χ1v) is 10.5. The Morgan fingerprint density at radius 3 is 2.53 bits per heavy atom. The van der Waals surface area contributed by atoms with Crippen LogP contribution in [-0.2, 0) is 0 Å². The maximum absolute atomic E-state index is 12.6. The Kier molecular flexibility index (Phi) is 6.27. The van der Waals surface area contributed by atoms with Gasteiger partial charge >= 0.3 is 0 Å². The van der Waals surface area contributed by atoms with Crippen molar-refractivity contribution in [1.29, 1.82) is 0 Å². The lowest BCUT2D eigenvalue weighted by Gasteiger charge is -2.12. The van der Waals surface area contributed by atoms with Crippen LogP contribution in [0.5, 0.6) is 17.2 Å². The highest BCUT2D eigenvalue weighted by atomic mass is 35.5. The maximum Gasteiger partial charge on any atom is 0.260 e. The minimum atomic E-state index is -0.302. The Morgan fingerprint density at radius 2 is 1.78 bits per heavy atom. The minimum absolute atomic E-state index is 0.234. The number of hydrogen-bond acceptors (Lipinski definition) is 8. The summed E-state index contributed by atoms with van der Waals surface area (Å²) >= 11 is 5.67. The van der Waals surface area contributed by atoms with Crippen molar-refractivity contribution < 1.29 is 14.2 Å². The molecule has 4 aromatic rings. The minimum Gasteiger partial charge on any atom is -0.494 e. The highest BCUT2D eigenvalue weighted by molar-refractivity contribution is 6.17. The van der Waals surface area contributed by atoms with Crippen molar-refractivity contribution in [2.24, 2.45) is 0 Å². The van der Waals surface area contributed by atoms with Gasteiger partial charge in [-0.2, -0.15) is 0 Å². The van der Waals surface area contributed by atoms with Crippen LogP contribution in [0.1, 0.15) is 12.1 Å². The topological polar surface area (TPSA) is 111 Å². The molecule has 9 nitrogen and oxygen atoms in total. The predicted molar refractivity (Wildman–Crippen MR) is 124 cm³/mol. The number of rotatable bonds is 8. The maximum atomic E-state index is 12.6. The van der Waals surface area contributed by atoms with Crippen LogP contribution in [0.25, 0.3) is 21.8 Å². The molecule has 0 saturated carbocycles. The van der Waals surface area contributed by atoms with Gasteiger partial charge < -0.3 is 14.2 Å². The molecule has 0 radical (unpaired) electrons. The third-order valence-corrected chi connectivity index (χ3v) is 5.11. The van der Waals surface area contributed by atoms with Gasteiger partial charge in [-0.05, 0) is 37.6 Å². The molecule has 0 fully saturated rings. The van der Waals surface area contributed by atoms with Crippen molar-refractivity contribution in [3.8, 4) is 17.2 Å². The van der Waals surface area contributed by atoms with Crippen LogP contribution in [0, 0.1) is 6.92 Å². The van der Waals surface area contributed by atoms with Crippen molar-refractivity contribution in [2.45, 2.75) is 13.3 Å². The number of benzene rings is 2. The quantitative estimate of drug-likeness (QED) is 0.303. The number of aryl methyl sites for hydroxylation is 1. The lowest BCUT2D eigenvalue weighted by atomic mass is 10.1. The molecule has 10 heteroatoms. The third-order valence-electron chi connectivity index (χ3n) is 4.85. The zero-order valence-electron chi connectivity index (χ0n) is 17.9. The van der Waals surface area contributed by atoms with Crippen LogP contribution >= 0.6 is 11.6 Å². The van der Waals surface area contributed by atoms with Gasteiger partial charge in [0, 0.05) is 17.3 Å². The average molecular weight is 456 g/mol. The Labute approximate surface area is 188 Å². The summed E-state index contributed by atoms with van der Waals surface area (Å²) in [5.74, 6) is 2.79. The van der Waals surface area contributed by atoms with Gasteiger partial charge in [-0.25, -0.2) is 15.0 Å². The van der Waals surface area contributed by atoms with E-state index < -0.39 is 0 Å². The lowest BCUT2D eigenvalue weighted by Crippen LogP contribution is -2.12. The van der Waals surface area contributed by atoms with Crippen LogP contribution in [0.4, 0.5) is 11.9 Å². The zero-order valence-corrected chi connectivity index (χ0v) is 18.6. The molecule has 0 saturated heterocycles. The van der Waals surface area contributed by atoms with E-state index in [0.29, 0.717) is 52.1 Å². The summed E-state index contributed by atoms with van der Waals surface area (Å²) in [6, 6.07) is 8.76.